The first-order valence-corrected chi connectivity index (χ1v) is 36.2. The lowest BCUT2D eigenvalue weighted by Gasteiger charge is -2.43. The Labute approximate surface area is 611 Å². The summed E-state index contributed by atoms with van der Waals surface area (Å²) in [5.74, 6) is -10.3. The average molecular weight is 1540 g/mol. The van der Waals surface area contributed by atoms with Crippen LogP contribution in [0, 0.1) is 28.2 Å². The van der Waals surface area contributed by atoms with Crippen LogP contribution in [0.4, 0.5) is 13.2 Å². The second-order valence-electron chi connectivity index (χ2n) is 29.0. The summed E-state index contributed by atoms with van der Waals surface area (Å²) in [6.07, 6.45) is -3.91. The molecule has 24 nitrogen and oxygen atoms in total. The summed E-state index contributed by atoms with van der Waals surface area (Å²) in [6.45, 7) is 14.9. The van der Waals surface area contributed by atoms with Crippen LogP contribution in [0.1, 0.15) is 135 Å². The number of fused-ring (bicyclic) bond motifs is 1. The second kappa shape index (κ2) is 36.3. The molecule has 3 fully saturated rings. The fourth-order valence-corrected chi connectivity index (χ4v) is 13.6. The van der Waals surface area contributed by atoms with Crippen molar-refractivity contribution in [1.82, 2.24) is 60.5 Å². The molecule has 0 aromatic heterocycles. The van der Waals surface area contributed by atoms with Crippen LogP contribution in [-0.4, -0.2) is 239 Å². The number of aryl methyl sites for hydroxylation is 1. The third-order valence-electron chi connectivity index (χ3n) is 19.9. The molecule has 3 aliphatic heterocycles. The first-order chi connectivity index (χ1) is 47.8. The normalized spacial score (nSPS) is 24.3. The van der Waals surface area contributed by atoms with Crippen LogP contribution in [0.15, 0.2) is 72.8 Å². The molecular weight excluding hydrogens is 1430 g/mol. The van der Waals surface area contributed by atoms with E-state index in [9.17, 15) is 51.5 Å². The molecule has 3 heterocycles. The van der Waals surface area contributed by atoms with Crippen LogP contribution >= 0.6 is 22.6 Å². The number of halogens is 4. The Hall–Kier alpha value is -8.18. The van der Waals surface area contributed by atoms with Crippen molar-refractivity contribution in [1.29, 1.82) is 0 Å². The molecule has 3 saturated heterocycles. The Bertz CT molecular complexity index is 3530. The van der Waals surface area contributed by atoms with Crippen molar-refractivity contribution < 1.29 is 70.7 Å². The van der Waals surface area contributed by atoms with E-state index in [0.29, 0.717) is 43.5 Å². The van der Waals surface area contributed by atoms with Crippen LogP contribution in [-0.2, 0) is 83.0 Å². The number of likely N-dealkylation sites (tertiary alicyclic amines) is 1. The van der Waals surface area contributed by atoms with E-state index in [-0.39, 0.29) is 50.5 Å². The Kier molecular flexibility index (Phi) is 29.5. The Balaban J connectivity index is 1.48. The molecule has 0 bridgehead atoms. The summed E-state index contributed by atoms with van der Waals surface area (Å²) < 4.78 is 45.3. The summed E-state index contributed by atoms with van der Waals surface area (Å²) in [7, 11) is 8.06. The molecule has 9 atom stereocenters. The number of piperidine rings is 1. The van der Waals surface area contributed by atoms with E-state index in [4.69, 9.17) is 0 Å². The van der Waals surface area contributed by atoms with Crippen molar-refractivity contribution in [3.8, 4) is 0 Å². The summed E-state index contributed by atoms with van der Waals surface area (Å²) >= 11 is 2.06. The maximum atomic E-state index is 15.3. The lowest BCUT2D eigenvalue weighted by molar-refractivity contribution is -0.157. The fraction of sp³-hybridized carbons (Fsp3) is 0.595. The van der Waals surface area contributed by atoms with Crippen LogP contribution in [0.25, 0.3) is 0 Å². The van der Waals surface area contributed by atoms with Gasteiger partial charge in [0, 0.05) is 84.8 Å². The average Bonchev–Trinajstić information content (AvgIpc) is 0.795. The predicted octanol–water partition coefficient (Wildman–Crippen LogP) is 5.38. The molecule has 0 spiro atoms. The number of carbonyl (C=O) groups is 12. The third-order valence-corrected chi connectivity index (χ3v) is 20.6. The summed E-state index contributed by atoms with van der Waals surface area (Å²) in [6, 6.07) is 7.33. The van der Waals surface area contributed by atoms with E-state index >= 15 is 19.2 Å². The highest BCUT2D eigenvalue weighted by Gasteiger charge is 2.47. The van der Waals surface area contributed by atoms with Crippen molar-refractivity contribution in [2.24, 2.45) is 17.8 Å². The number of carbonyl (C=O) groups excluding carboxylic acids is 12. The first kappa shape index (κ1) is 82.8. The van der Waals surface area contributed by atoms with Crippen molar-refractivity contribution in [3.63, 3.8) is 0 Å². The maximum absolute atomic E-state index is 15.3. The van der Waals surface area contributed by atoms with Gasteiger partial charge in [0.1, 0.15) is 53.9 Å². The molecule has 560 valence electrons. The standard InChI is InChI=1S/C74H104F3IN12O12/c1-16-47(7)63-71(101)84(11)43-62(93)90-34-31-56(90)69(99)87(14)58(39-48-29-27-46(6)28-30-48)68(98)83(10)42-60(91)79-53(38-49-23-22-25-51(78)37-49)64(94)80-55(40-50-24-18-19-26-52(50)74(75,76)77)67(97)88(15)73(8,9)72(102)81-54(35-44(2)3)66(96)86(13)59(70(100)89-32-20-17-21-33-89)41-61(92)85(12)57(36-45(4)5)65(95)82-63/h18-19,22-30,37,44-45,47,53-59,63H,16-17,20-21,31-36,38-43H2,1-15H3,(H,79,91)(H,80,94)(H,81,102)(H,82,95)/t47-,53-,54-,55-,56-,57-,58-,59-,63-/m0/s1. The number of alkyl halides is 3. The minimum Gasteiger partial charge on any atom is -0.342 e. The summed E-state index contributed by atoms with van der Waals surface area (Å²) in [5, 5.41) is 11.0. The highest BCUT2D eigenvalue weighted by atomic mass is 127. The summed E-state index contributed by atoms with van der Waals surface area (Å²) in [5.41, 5.74) is -1.45. The number of hydrogen-bond donors (Lipinski definition) is 4. The lowest BCUT2D eigenvalue weighted by Crippen LogP contribution is -2.64. The van der Waals surface area contributed by atoms with Crippen molar-refractivity contribution in [3.05, 3.63) is 104 Å². The highest BCUT2D eigenvalue weighted by molar-refractivity contribution is 14.1. The van der Waals surface area contributed by atoms with Crippen LogP contribution < -0.4 is 21.3 Å². The van der Waals surface area contributed by atoms with Gasteiger partial charge in [0.15, 0.2) is 0 Å². The molecule has 3 aromatic carbocycles. The van der Waals surface area contributed by atoms with E-state index < -0.39 is 174 Å². The zero-order valence-corrected chi connectivity index (χ0v) is 63.7. The highest BCUT2D eigenvalue weighted by Crippen LogP contribution is 2.33. The van der Waals surface area contributed by atoms with E-state index in [0.717, 1.165) is 53.4 Å². The van der Waals surface area contributed by atoms with Gasteiger partial charge in [0.05, 0.1) is 25.1 Å². The molecule has 0 aliphatic carbocycles. The molecule has 0 saturated carbocycles. The largest absolute Gasteiger partial charge is 0.416 e. The van der Waals surface area contributed by atoms with Gasteiger partial charge in [-0.3, -0.25) is 57.5 Å². The van der Waals surface area contributed by atoms with E-state index in [1.54, 1.807) is 62.1 Å². The van der Waals surface area contributed by atoms with Gasteiger partial charge in [-0.15, -0.1) is 0 Å². The van der Waals surface area contributed by atoms with Crippen LogP contribution in [0.2, 0.25) is 0 Å². The number of hydrogen-bond acceptors (Lipinski definition) is 12. The van der Waals surface area contributed by atoms with E-state index in [1.807, 2.05) is 39.8 Å². The topological polar surface area (TPSA) is 279 Å². The zero-order chi connectivity index (χ0) is 76.0. The Morgan fingerprint density at radius 1 is 0.598 bits per heavy atom. The molecule has 3 aromatic rings. The second-order valence-corrected chi connectivity index (χ2v) is 30.2. The van der Waals surface area contributed by atoms with E-state index in [1.165, 1.54) is 76.9 Å². The summed E-state index contributed by atoms with van der Waals surface area (Å²) in [4.78, 5) is 188. The van der Waals surface area contributed by atoms with Gasteiger partial charge in [0.25, 0.3) is 0 Å². The molecule has 3 aliphatic rings. The molecule has 6 rings (SSSR count). The van der Waals surface area contributed by atoms with E-state index in [2.05, 4.69) is 43.9 Å². The third kappa shape index (κ3) is 21.5. The lowest BCUT2D eigenvalue weighted by atomic mass is 9.94. The first-order valence-electron chi connectivity index (χ1n) is 35.1. The van der Waals surface area contributed by atoms with Gasteiger partial charge in [-0.1, -0.05) is 108 Å². The minimum atomic E-state index is -4.94. The minimum absolute atomic E-state index is 0.0366. The monoisotopic (exact) mass is 1540 g/mol. The molecule has 0 radical (unpaired) electrons. The van der Waals surface area contributed by atoms with Gasteiger partial charge in [0.2, 0.25) is 70.9 Å². The quantitative estimate of drug-likeness (QED) is 0.157. The SMILES string of the molecule is CC[C@H](C)[C@@H]1NC(=O)[C@H](CC(C)C)N(C)C(=O)C[C@@H](C(=O)N2CCCCC2)N(C)C(=O)[C@H](CC(C)C)NC(=O)C(C)(C)N(C)C(=O)[C@H](Cc2ccccc2C(F)(F)F)NC(=O)[C@H](Cc2cccc(I)c2)NC(=O)CN(C)C(=O)[C@H](Cc2ccc(C)cc2)N(C)C(=O)[C@@H]2CCN2C(=O)CN(C)C1=O. The molecular formula is C74H104F3IN12O12. The number of benzene rings is 3. The number of nitrogens with one attached hydrogen (secondary N) is 4. The molecule has 12 amide bonds. The van der Waals surface area contributed by atoms with Crippen LogP contribution in [0.5, 0.6) is 0 Å². The van der Waals surface area contributed by atoms with Gasteiger partial charge < -0.3 is 60.5 Å². The van der Waals surface area contributed by atoms with Gasteiger partial charge in [-0.25, -0.2) is 0 Å². The number of amides is 12. The number of rotatable bonds is 13. The molecule has 4 N–H and O–H groups in total. The maximum Gasteiger partial charge on any atom is 0.416 e. The number of likely N-dealkylation sites (N-methyl/N-ethyl adjacent to an activating group) is 6. The van der Waals surface area contributed by atoms with Crippen molar-refractivity contribution in [2.45, 2.75) is 193 Å². The zero-order valence-electron chi connectivity index (χ0n) is 61.6. The molecule has 102 heavy (non-hydrogen) atoms. The predicted molar refractivity (Wildman–Crippen MR) is 386 cm³/mol. The van der Waals surface area contributed by atoms with Crippen LogP contribution in [0.3, 0.4) is 0 Å². The van der Waals surface area contributed by atoms with Crippen molar-refractivity contribution >= 4 is 93.5 Å². The number of nitrogens with zero attached hydrogens (tertiary/aromatic N) is 8. The fourth-order valence-electron chi connectivity index (χ4n) is 12.9. The van der Waals surface area contributed by atoms with Crippen molar-refractivity contribution in [2.75, 3.05) is 75.0 Å². The smallest absolute Gasteiger partial charge is 0.342 e. The van der Waals surface area contributed by atoms with Gasteiger partial charge in [-0.05, 0) is 135 Å². The molecule has 0 unspecified atom stereocenters. The van der Waals surface area contributed by atoms with Gasteiger partial charge in [-0.2, -0.15) is 13.2 Å². The Morgan fingerprint density at radius 2 is 1.23 bits per heavy atom. The molecule has 28 heteroatoms. The Morgan fingerprint density at radius 3 is 1.81 bits per heavy atom. The van der Waals surface area contributed by atoms with Gasteiger partial charge >= 0.3 is 6.18 Å².